The predicted octanol–water partition coefficient (Wildman–Crippen LogP) is 1.80. The van der Waals surface area contributed by atoms with Crippen molar-refractivity contribution in [2.75, 3.05) is 0 Å². The average Bonchev–Trinajstić information content (AvgIpc) is 2.00. The summed E-state index contributed by atoms with van der Waals surface area (Å²) in [7, 11) is 0. The lowest BCUT2D eigenvalue weighted by molar-refractivity contribution is -0.00481. The largest absolute Gasteiger partial charge is 0.390 e. The summed E-state index contributed by atoms with van der Waals surface area (Å²) < 4.78 is 0. The fourth-order valence-corrected chi connectivity index (χ4v) is 0.986. The van der Waals surface area contributed by atoms with Gasteiger partial charge in [0.15, 0.2) is 0 Å². The van der Waals surface area contributed by atoms with E-state index in [0.29, 0.717) is 6.42 Å². The molecule has 0 aromatic carbocycles. The van der Waals surface area contributed by atoms with Crippen molar-refractivity contribution in [3.63, 3.8) is 0 Å². The molecule has 2 N–H and O–H groups in total. The Kier molecular flexibility index (Phi) is 5.18. The summed E-state index contributed by atoms with van der Waals surface area (Å²) in [5, 5.41) is 19.0. The summed E-state index contributed by atoms with van der Waals surface area (Å²) in [6, 6.07) is 0. The summed E-state index contributed by atoms with van der Waals surface area (Å²) in [5.74, 6) is 6.00. The Balaban J connectivity index is 4.06. The second kappa shape index (κ2) is 5.38. The third-order valence-electron chi connectivity index (χ3n) is 1.85. The lowest BCUT2D eigenvalue weighted by Crippen LogP contribution is -2.30. The van der Waals surface area contributed by atoms with Gasteiger partial charge in [0.25, 0.3) is 0 Å². The minimum absolute atomic E-state index is 0.0392. The maximum atomic E-state index is 9.53. The first-order valence-corrected chi connectivity index (χ1v) is 5.10. The van der Waals surface area contributed by atoms with E-state index in [1.54, 1.807) is 0 Å². The molecule has 0 heterocycles. The van der Waals surface area contributed by atoms with Gasteiger partial charge in [-0.15, -0.1) is 0 Å². The molecular formula is C12H22O2. The van der Waals surface area contributed by atoms with Gasteiger partial charge >= 0.3 is 0 Å². The lowest BCUT2D eigenvalue weighted by atomic mass is 9.96. The first-order valence-electron chi connectivity index (χ1n) is 5.10. The van der Waals surface area contributed by atoms with Gasteiger partial charge < -0.3 is 10.2 Å². The molecule has 2 heteroatoms. The van der Waals surface area contributed by atoms with Crippen LogP contribution in [0, 0.1) is 23.2 Å². The van der Waals surface area contributed by atoms with E-state index in [4.69, 9.17) is 0 Å². The van der Waals surface area contributed by atoms with Crippen LogP contribution in [0.25, 0.3) is 0 Å². The number of hydrogen-bond acceptors (Lipinski definition) is 2. The Labute approximate surface area is 87.3 Å². The fourth-order valence-electron chi connectivity index (χ4n) is 0.986. The van der Waals surface area contributed by atoms with E-state index in [0.717, 1.165) is 0 Å². The molecule has 0 saturated heterocycles. The number of rotatable bonds is 3. The van der Waals surface area contributed by atoms with Crippen LogP contribution in [0.15, 0.2) is 0 Å². The van der Waals surface area contributed by atoms with E-state index in [1.165, 1.54) is 0 Å². The van der Waals surface area contributed by atoms with E-state index < -0.39 is 12.2 Å². The first kappa shape index (κ1) is 13.5. The van der Waals surface area contributed by atoms with Crippen LogP contribution in [0.2, 0.25) is 0 Å². The predicted molar refractivity (Wildman–Crippen MR) is 58.7 cm³/mol. The quantitative estimate of drug-likeness (QED) is 0.679. The van der Waals surface area contributed by atoms with Crippen molar-refractivity contribution in [3.05, 3.63) is 0 Å². The number of aliphatic hydroxyl groups excluding tert-OH is 2. The van der Waals surface area contributed by atoms with Crippen molar-refractivity contribution in [2.24, 2.45) is 11.3 Å². The zero-order chi connectivity index (χ0) is 11.4. The van der Waals surface area contributed by atoms with Crippen LogP contribution in [0.5, 0.6) is 0 Å². The summed E-state index contributed by atoms with van der Waals surface area (Å²) in [4.78, 5) is 0. The molecule has 2 atom stereocenters. The lowest BCUT2D eigenvalue weighted by Gasteiger charge is -2.19. The van der Waals surface area contributed by atoms with Crippen LogP contribution in [-0.4, -0.2) is 22.4 Å². The molecule has 0 radical (unpaired) electrons. The average molecular weight is 198 g/mol. The van der Waals surface area contributed by atoms with Gasteiger partial charge in [-0.3, -0.25) is 0 Å². The normalized spacial score (nSPS) is 16.0. The SMILES string of the molecule is CC(C)C(O)C(O)CC#CC(C)(C)C. The van der Waals surface area contributed by atoms with Crippen LogP contribution >= 0.6 is 0 Å². The van der Waals surface area contributed by atoms with Crippen LogP contribution in [-0.2, 0) is 0 Å². The fraction of sp³-hybridized carbons (Fsp3) is 0.833. The Hall–Kier alpha value is -0.520. The summed E-state index contributed by atoms with van der Waals surface area (Å²) in [6.45, 7) is 9.82. The second-order valence-electron chi connectivity index (χ2n) is 5.06. The van der Waals surface area contributed by atoms with E-state index in [9.17, 15) is 10.2 Å². The van der Waals surface area contributed by atoms with Gasteiger partial charge in [-0.05, 0) is 26.7 Å². The molecule has 82 valence electrons. The molecule has 0 spiro atoms. The summed E-state index contributed by atoms with van der Waals surface area (Å²) in [6.07, 6.45) is -1.06. The van der Waals surface area contributed by atoms with E-state index in [2.05, 4.69) is 11.8 Å². The molecule has 0 aliphatic heterocycles. The van der Waals surface area contributed by atoms with Crippen LogP contribution < -0.4 is 0 Å². The van der Waals surface area contributed by atoms with Gasteiger partial charge in [0, 0.05) is 11.8 Å². The van der Waals surface area contributed by atoms with Crippen LogP contribution in [0.1, 0.15) is 41.0 Å². The Morgan fingerprint density at radius 1 is 1.14 bits per heavy atom. The molecule has 0 fully saturated rings. The molecule has 0 saturated carbocycles. The van der Waals surface area contributed by atoms with Crippen molar-refractivity contribution in [3.8, 4) is 11.8 Å². The molecule has 2 nitrogen and oxygen atoms in total. The van der Waals surface area contributed by atoms with Gasteiger partial charge in [0.1, 0.15) is 0 Å². The van der Waals surface area contributed by atoms with E-state index in [-0.39, 0.29) is 11.3 Å². The molecule has 0 aliphatic carbocycles. The highest BCUT2D eigenvalue weighted by molar-refractivity contribution is 5.08. The highest BCUT2D eigenvalue weighted by Gasteiger charge is 2.18. The van der Waals surface area contributed by atoms with Crippen molar-refractivity contribution in [1.82, 2.24) is 0 Å². The summed E-state index contributed by atoms with van der Waals surface area (Å²) >= 11 is 0. The minimum atomic E-state index is -0.732. The molecule has 0 bridgehead atoms. The van der Waals surface area contributed by atoms with Crippen LogP contribution in [0.4, 0.5) is 0 Å². The van der Waals surface area contributed by atoms with Gasteiger partial charge in [-0.25, -0.2) is 0 Å². The number of hydrogen-bond donors (Lipinski definition) is 2. The van der Waals surface area contributed by atoms with Gasteiger partial charge in [-0.1, -0.05) is 25.7 Å². The molecule has 14 heavy (non-hydrogen) atoms. The number of aliphatic hydroxyl groups is 2. The Bertz CT molecular complexity index is 215. The molecule has 2 unspecified atom stereocenters. The monoisotopic (exact) mass is 198 g/mol. The Morgan fingerprint density at radius 3 is 2.00 bits per heavy atom. The topological polar surface area (TPSA) is 40.5 Å². The molecule has 0 aromatic rings. The Morgan fingerprint density at radius 2 is 1.64 bits per heavy atom. The van der Waals surface area contributed by atoms with Crippen molar-refractivity contribution < 1.29 is 10.2 Å². The minimum Gasteiger partial charge on any atom is -0.390 e. The third kappa shape index (κ3) is 6.01. The molecule has 0 aromatic heterocycles. The first-order chi connectivity index (χ1) is 6.24. The van der Waals surface area contributed by atoms with Crippen molar-refractivity contribution >= 4 is 0 Å². The summed E-state index contributed by atoms with van der Waals surface area (Å²) in [5.41, 5.74) is -0.0392. The maximum absolute atomic E-state index is 9.53. The smallest absolute Gasteiger partial charge is 0.0910 e. The molecule has 0 aliphatic rings. The zero-order valence-electron chi connectivity index (χ0n) is 9.83. The van der Waals surface area contributed by atoms with E-state index >= 15 is 0 Å². The van der Waals surface area contributed by atoms with Gasteiger partial charge in [-0.2, -0.15) is 0 Å². The van der Waals surface area contributed by atoms with Gasteiger partial charge in [0.05, 0.1) is 12.2 Å². The van der Waals surface area contributed by atoms with E-state index in [1.807, 2.05) is 34.6 Å². The maximum Gasteiger partial charge on any atom is 0.0910 e. The molecule has 0 amide bonds. The van der Waals surface area contributed by atoms with Crippen LogP contribution in [0.3, 0.4) is 0 Å². The molecule has 0 rings (SSSR count). The zero-order valence-corrected chi connectivity index (χ0v) is 9.83. The van der Waals surface area contributed by atoms with Crippen molar-refractivity contribution in [1.29, 1.82) is 0 Å². The second-order valence-corrected chi connectivity index (χ2v) is 5.06. The van der Waals surface area contributed by atoms with Crippen molar-refractivity contribution in [2.45, 2.75) is 53.2 Å². The molecular weight excluding hydrogens is 176 g/mol. The third-order valence-corrected chi connectivity index (χ3v) is 1.85. The highest BCUT2D eigenvalue weighted by Crippen LogP contribution is 2.12. The van der Waals surface area contributed by atoms with Gasteiger partial charge in [0.2, 0.25) is 0 Å². The standard InChI is InChI=1S/C12H22O2/c1-9(2)11(14)10(13)7-6-8-12(3,4)5/h9-11,13-14H,7H2,1-5H3. The highest BCUT2D eigenvalue weighted by atomic mass is 16.3.